The molecule has 1 atom stereocenters. The summed E-state index contributed by atoms with van der Waals surface area (Å²) >= 11 is 0. The van der Waals surface area contributed by atoms with Gasteiger partial charge in [-0.05, 0) is 50.1 Å². The number of fused-ring (bicyclic) bond motifs is 2. The van der Waals surface area contributed by atoms with Gasteiger partial charge in [0.2, 0.25) is 0 Å². The molecule has 1 N–H and O–H groups in total. The number of nitrogens with zero attached hydrogens (tertiary/aromatic N) is 4. The molecule has 0 radical (unpaired) electrons. The van der Waals surface area contributed by atoms with Gasteiger partial charge >= 0.3 is 0 Å². The van der Waals surface area contributed by atoms with E-state index in [2.05, 4.69) is 20.5 Å². The van der Waals surface area contributed by atoms with Gasteiger partial charge in [0.1, 0.15) is 23.2 Å². The molecular formula is C16H16FN5O. The predicted molar refractivity (Wildman–Crippen MR) is 83.0 cm³/mol. The van der Waals surface area contributed by atoms with Crippen molar-refractivity contribution < 1.29 is 9.13 Å². The summed E-state index contributed by atoms with van der Waals surface area (Å²) in [6.07, 6.45) is 1.73. The van der Waals surface area contributed by atoms with Crippen LogP contribution in [-0.4, -0.2) is 26.4 Å². The van der Waals surface area contributed by atoms with Crippen molar-refractivity contribution >= 4 is 11.5 Å². The molecule has 3 aromatic rings. The smallest absolute Gasteiger partial charge is 0.176 e. The standard InChI is InChI=1S/C16H16FN5O/c1-10-18-16-7-6-15(21-22(16)20-10)19-13-3-2-8-23-14-5-4-11(17)9-12(13)14/h4-7,9,13H,2-3,8H2,1H3,(H,19,21). The van der Waals surface area contributed by atoms with Gasteiger partial charge in [0, 0.05) is 5.56 Å². The molecule has 1 unspecified atom stereocenters. The molecule has 6 nitrogen and oxygen atoms in total. The van der Waals surface area contributed by atoms with Crippen molar-refractivity contribution in [1.29, 1.82) is 0 Å². The summed E-state index contributed by atoms with van der Waals surface area (Å²) in [5, 5.41) is 12.0. The fourth-order valence-corrected chi connectivity index (χ4v) is 2.84. The fraction of sp³-hybridized carbons (Fsp3) is 0.312. The highest BCUT2D eigenvalue weighted by Gasteiger charge is 2.21. The summed E-state index contributed by atoms with van der Waals surface area (Å²) < 4.78 is 20.8. The molecule has 3 heterocycles. The number of anilines is 1. The minimum absolute atomic E-state index is 0.0576. The van der Waals surface area contributed by atoms with Crippen LogP contribution < -0.4 is 10.1 Å². The van der Waals surface area contributed by atoms with Crippen LogP contribution in [0.1, 0.15) is 30.3 Å². The van der Waals surface area contributed by atoms with Crippen molar-refractivity contribution in [2.75, 3.05) is 11.9 Å². The zero-order valence-electron chi connectivity index (χ0n) is 12.7. The molecule has 7 heteroatoms. The summed E-state index contributed by atoms with van der Waals surface area (Å²) in [5.74, 6) is 1.80. The molecule has 0 amide bonds. The Hall–Kier alpha value is -2.70. The second-order valence-electron chi connectivity index (χ2n) is 5.59. The first kappa shape index (κ1) is 13.9. The molecule has 2 aromatic heterocycles. The van der Waals surface area contributed by atoms with E-state index in [-0.39, 0.29) is 11.9 Å². The summed E-state index contributed by atoms with van der Waals surface area (Å²) in [5.41, 5.74) is 1.52. The summed E-state index contributed by atoms with van der Waals surface area (Å²) in [7, 11) is 0. The van der Waals surface area contributed by atoms with Gasteiger partial charge in [0.15, 0.2) is 5.65 Å². The lowest BCUT2D eigenvalue weighted by Gasteiger charge is -2.18. The third-order valence-electron chi connectivity index (χ3n) is 3.88. The van der Waals surface area contributed by atoms with Crippen LogP contribution in [-0.2, 0) is 0 Å². The predicted octanol–water partition coefficient (Wildman–Crippen LogP) is 2.90. The number of hydrogen-bond acceptors (Lipinski definition) is 5. The molecule has 0 fully saturated rings. The van der Waals surface area contributed by atoms with E-state index < -0.39 is 0 Å². The van der Waals surface area contributed by atoms with Crippen LogP contribution in [0.4, 0.5) is 10.2 Å². The van der Waals surface area contributed by atoms with Crippen molar-refractivity contribution in [1.82, 2.24) is 19.8 Å². The second kappa shape index (κ2) is 5.49. The van der Waals surface area contributed by atoms with Crippen LogP contribution in [0.15, 0.2) is 30.3 Å². The largest absolute Gasteiger partial charge is 0.493 e. The third kappa shape index (κ3) is 2.69. The molecule has 1 aliphatic heterocycles. The van der Waals surface area contributed by atoms with Crippen molar-refractivity contribution in [3.8, 4) is 5.75 Å². The Labute approximate surface area is 132 Å². The van der Waals surface area contributed by atoms with E-state index >= 15 is 0 Å². The maximum atomic E-state index is 13.6. The molecule has 118 valence electrons. The first-order valence-corrected chi connectivity index (χ1v) is 7.58. The van der Waals surface area contributed by atoms with Crippen LogP contribution in [0.5, 0.6) is 5.75 Å². The van der Waals surface area contributed by atoms with Crippen molar-refractivity contribution in [2.24, 2.45) is 0 Å². The van der Waals surface area contributed by atoms with E-state index in [1.54, 1.807) is 6.07 Å². The number of rotatable bonds is 2. The van der Waals surface area contributed by atoms with Crippen LogP contribution >= 0.6 is 0 Å². The minimum atomic E-state index is -0.267. The zero-order valence-corrected chi connectivity index (χ0v) is 12.7. The lowest BCUT2D eigenvalue weighted by atomic mass is 10.0. The van der Waals surface area contributed by atoms with Gasteiger partial charge in [-0.2, -0.15) is 0 Å². The number of hydrogen-bond donors (Lipinski definition) is 1. The molecule has 1 aromatic carbocycles. The Kier molecular flexibility index (Phi) is 3.33. The topological polar surface area (TPSA) is 64.3 Å². The fourth-order valence-electron chi connectivity index (χ4n) is 2.84. The first-order valence-electron chi connectivity index (χ1n) is 7.58. The van der Waals surface area contributed by atoms with E-state index in [4.69, 9.17) is 4.74 Å². The lowest BCUT2D eigenvalue weighted by molar-refractivity contribution is 0.316. The average Bonchev–Trinajstić information content (AvgIpc) is 2.79. The maximum absolute atomic E-state index is 13.6. The molecule has 23 heavy (non-hydrogen) atoms. The Morgan fingerprint density at radius 3 is 3.09 bits per heavy atom. The number of halogens is 1. The van der Waals surface area contributed by atoms with Gasteiger partial charge in [-0.3, -0.25) is 0 Å². The van der Waals surface area contributed by atoms with Gasteiger partial charge < -0.3 is 10.1 Å². The summed E-state index contributed by atoms with van der Waals surface area (Å²) in [6, 6.07) is 8.28. The number of benzene rings is 1. The molecule has 0 bridgehead atoms. The quantitative estimate of drug-likeness (QED) is 0.788. The van der Waals surface area contributed by atoms with Crippen LogP contribution in [0, 0.1) is 12.7 Å². The van der Waals surface area contributed by atoms with Crippen LogP contribution in [0.2, 0.25) is 0 Å². The molecule has 0 saturated heterocycles. The van der Waals surface area contributed by atoms with Crippen LogP contribution in [0.25, 0.3) is 5.65 Å². The van der Waals surface area contributed by atoms with Gasteiger partial charge in [-0.25, -0.2) is 9.37 Å². The first-order chi connectivity index (χ1) is 11.2. The maximum Gasteiger partial charge on any atom is 0.176 e. The highest BCUT2D eigenvalue weighted by atomic mass is 19.1. The number of ether oxygens (including phenoxy) is 1. The lowest BCUT2D eigenvalue weighted by Crippen LogP contribution is -2.13. The minimum Gasteiger partial charge on any atom is -0.493 e. The van der Waals surface area contributed by atoms with E-state index in [0.29, 0.717) is 23.9 Å². The molecule has 0 spiro atoms. The zero-order chi connectivity index (χ0) is 15.8. The highest BCUT2D eigenvalue weighted by Crippen LogP contribution is 2.34. The van der Waals surface area contributed by atoms with Crippen LogP contribution in [0.3, 0.4) is 0 Å². The van der Waals surface area contributed by atoms with Gasteiger partial charge in [-0.15, -0.1) is 14.8 Å². The summed E-state index contributed by atoms with van der Waals surface area (Å²) in [6.45, 7) is 2.45. The molecule has 1 aliphatic rings. The number of aryl methyl sites for hydroxylation is 1. The molecule has 0 aliphatic carbocycles. The Bertz CT molecular complexity index is 863. The Morgan fingerprint density at radius 1 is 1.26 bits per heavy atom. The third-order valence-corrected chi connectivity index (χ3v) is 3.88. The van der Waals surface area contributed by atoms with Gasteiger partial charge in [0.25, 0.3) is 0 Å². The van der Waals surface area contributed by atoms with Crippen molar-refractivity contribution in [3.05, 3.63) is 47.5 Å². The molecular weight excluding hydrogens is 297 g/mol. The second-order valence-corrected chi connectivity index (χ2v) is 5.59. The van der Waals surface area contributed by atoms with Gasteiger partial charge in [-0.1, -0.05) is 0 Å². The summed E-state index contributed by atoms with van der Waals surface area (Å²) in [4.78, 5) is 4.26. The molecule has 0 saturated carbocycles. The van der Waals surface area contributed by atoms with Gasteiger partial charge in [0.05, 0.1) is 12.6 Å². The Morgan fingerprint density at radius 2 is 2.17 bits per heavy atom. The highest BCUT2D eigenvalue weighted by molar-refractivity contribution is 5.47. The molecule has 4 rings (SSSR count). The van der Waals surface area contributed by atoms with Crippen molar-refractivity contribution in [3.63, 3.8) is 0 Å². The monoisotopic (exact) mass is 313 g/mol. The van der Waals surface area contributed by atoms with E-state index in [1.807, 2.05) is 19.1 Å². The van der Waals surface area contributed by atoms with E-state index in [9.17, 15) is 4.39 Å². The average molecular weight is 313 g/mol. The normalized spacial score (nSPS) is 17.4. The SMILES string of the molecule is Cc1nc2ccc(NC3CCCOc4ccc(F)cc43)nn2n1. The van der Waals surface area contributed by atoms with E-state index in [1.165, 1.54) is 16.8 Å². The Balaban J connectivity index is 1.68. The number of aromatic nitrogens is 4. The van der Waals surface area contributed by atoms with Crippen molar-refractivity contribution in [2.45, 2.75) is 25.8 Å². The number of nitrogens with one attached hydrogen (secondary N) is 1. The van der Waals surface area contributed by atoms with E-state index in [0.717, 1.165) is 24.2 Å².